The van der Waals surface area contributed by atoms with Crippen LogP contribution in [0.2, 0.25) is 0 Å². The Balaban J connectivity index is 2.39. The van der Waals surface area contributed by atoms with Gasteiger partial charge in [-0.1, -0.05) is 19.8 Å². The predicted molar refractivity (Wildman–Crippen MR) is 41.8 cm³/mol. The summed E-state index contributed by atoms with van der Waals surface area (Å²) in [6.07, 6.45) is 4.85. The molecule has 0 heterocycles. The van der Waals surface area contributed by atoms with E-state index in [-0.39, 0.29) is 0 Å². The molecule has 1 nitrogen and oxygen atoms in total. The normalized spacial score (nSPS) is 33.8. The van der Waals surface area contributed by atoms with Gasteiger partial charge < -0.3 is 0 Å². The fourth-order valence-corrected chi connectivity index (χ4v) is 1.80. The van der Waals surface area contributed by atoms with Crippen LogP contribution in [0.15, 0.2) is 0 Å². The molecule has 0 aromatic rings. The van der Waals surface area contributed by atoms with Gasteiger partial charge in [0, 0.05) is 5.92 Å². The highest BCUT2D eigenvalue weighted by Gasteiger charge is 2.21. The lowest BCUT2D eigenvalue weighted by Gasteiger charge is -2.24. The summed E-state index contributed by atoms with van der Waals surface area (Å²) in [5, 5.41) is 0. The second-order valence-corrected chi connectivity index (χ2v) is 3.58. The van der Waals surface area contributed by atoms with E-state index in [0.717, 1.165) is 18.8 Å². The molecule has 0 aromatic heterocycles. The summed E-state index contributed by atoms with van der Waals surface area (Å²) in [6, 6.07) is 0. The van der Waals surface area contributed by atoms with Crippen LogP contribution in [-0.2, 0) is 4.79 Å². The van der Waals surface area contributed by atoms with E-state index in [4.69, 9.17) is 0 Å². The fraction of sp³-hybridized carbons (Fsp3) is 0.889. The molecule has 0 amide bonds. The van der Waals surface area contributed by atoms with Crippen molar-refractivity contribution in [3.63, 3.8) is 0 Å². The lowest BCUT2D eigenvalue weighted by molar-refractivity contribution is -0.122. The summed E-state index contributed by atoms with van der Waals surface area (Å²) in [4.78, 5) is 10.9. The molecular formula is C9H16O. The summed E-state index contributed by atoms with van der Waals surface area (Å²) >= 11 is 0. The third kappa shape index (κ3) is 1.83. The molecule has 0 aliphatic heterocycles. The molecule has 0 spiro atoms. The SMILES string of the molecule is CC(=O)[C@@H]1CCC[C@@H](C)C1. The van der Waals surface area contributed by atoms with Crippen LogP contribution in [-0.4, -0.2) is 5.78 Å². The monoisotopic (exact) mass is 140 g/mol. The molecule has 2 atom stereocenters. The average Bonchev–Trinajstić information content (AvgIpc) is 1.88. The molecule has 10 heavy (non-hydrogen) atoms. The summed E-state index contributed by atoms with van der Waals surface area (Å²) in [5.74, 6) is 1.57. The van der Waals surface area contributed by atoms with Crippen molar-refractivity contribution in [2.24, 2.45) is 11.8 Å². The molecular weight excluding hydrogens is 124 g/mol. The lowest BCUT2D eigenvalue weighted by atomic mass is 9.81. The van der Waals surface area contributed by atoms with Crippen LogP contribution in [0.3, 0.4) is 0 Å². The van der Waals surface area contributed by atoms with Crippen molar-refractivity contribution in [3.8, 4) is 0 Å². The van der Waals surface area contributed by atoms with Gasteiger partial charge in [0.25, 0.3) is 0 Å². The van der Waals surface area contributed by atoms with Gasteiger partial charge in [-0.15, -0.1) is 0 Å². The summed E-state index contributed by atoms with van der Waals surface area (Å²) < 4.78 is 0. The lowest BCUT2D eigenvalue weighted by Crippen LogP contribution is -2.19. The van der Waals surface area contributed by atoms with Crippen molar-refractivity contribution in [2.45, 2.75) is 39.5 Å². The zero-order valence-electron chi connectivity index (χ0n) is 6.89. The van der Waals surface area contributed by atoms with Crippen molar-refractivity contribution in [3.05, 3.63) is 0 Å². The van der Waals surface area contributed by atoms with E-state index in [9.17, 15) is 4.79 Å². The molecule has 0 unspecified atom stereocenters. The Bertz CT molecular complexity index is 129. The molecule has 1 rings (SSSR count). The number of ketones is 1. The topological polar surface area (TPSA) is 17.1 Å². The third-order valence-corrected chi connectivity index (χ3v) is 2.51. The maximum atomic E-state index is 10.9. The summed E-state index contributed by atoms with van der Waals surface area (Å²) in [5.41, 5.74) is 0. The second-order valence-electron chi connectivity index (χ2n) is 3.58. The van der Waals surface area contributed by atoms with E-state index in [1.807, 2.05) is 0 Å². The molecule has 58 valence electrons. The minimum atomic E-state index is 0.392. The zero-order chi connectivity index (χ0) is 7.56. The quantitative estimate of drug-likeness (QED) is 0.546. The van der Waals surface area contributed by atoms with Gasteiger partial charge in [0.05, 0.1) is 0 Å². The molecule has 1 aliphatic rings. The van der Waals surface area contributed by atoms with E-state index in [1.165, 1.54) is 12.8 Å². The molecule has 0 bridgehead atoms. The smallest absolute Gasteiger partial charge is 0.132 e. The molecule has 0 N–H and O–H groups in total. The number of rotatable bonds is 1. The first-order valence-corrected chi connectivity index (χ1v) is 4.20. The van der Waals surface area contributed by atoms with Crippen molar-refractivity contribution in [1.29, 1.82) is 0 Å². The maximum absolute atomic E-state index is 10.9. The van der Waals surface area contributed by atoms with Gasteiger partial charge >= 0.3 is 0 Å². The number of carbonyl (C=O) groups excluding carboxylic acids is 1. The Kier molecular flexibility index (Phi) is 2.47. The van der Waals surface area contributed by atoms with Crippen LogP contribution in [0.4, 0.5) is 0 Å². The first-order chi connectivity index (χ1) is 4.70. The Morgan fingerprint density at radius 2 is 2.10 bits per heavy atom. The van der Waals surface area contributed by atoms with Gasteiger partial charge in [-0.25, -0.2) is 0 Å². The minimum Gasteiger partial charge on any atom is -0.300 e. The van der Waals surface area contributed by atoms with E-state index in [0.29, 0.717) is 11.7 Å². The van der Waals surface area contributed by atoms with Crippen LogP contribution in [0.5, 0.6) is 0 Å². The first kappa shape index (κ1) is 7.77. The van der Waals surface area contributed by atoms with Crippen molar-refractivity contribution in [1.82, 2.24) is 0 Å². The number of Topliss-reactive ketones (excluding diaryl/α,β-unsaturated/α-hetero) is 1. The van der Waals surface area contributed by atoms with Gasteiger partial charge in [-0.2, -0.15) is 0 Å². The van der Waals surface area contributed by atoms with Crippen molar-refractivity contribution >= 4 is 5.78 Å². The predicted octanol–water partition coefficient (Wildman–Crippen LogP) is 2.40. The minimum absolute atomic E-state index is 0.392. The van der Waals surface area contributed by atoms with Crippen LogP contribution < -0.4 is 0 Å². The van der Waals surface area contributed by atoms with Gasteiger partial charge in [0.2, 0.25) is 0 Å². The number of hydrogen-bond acceptors (Lipinski definition) is 1. The molecule has 1 aliphatic carbocycles. The highest BCUT2D eigenvalue weighted by atomic mass is 16.1. The Morgan fingerprint density at radius 1 is 1.40 bits per heavy atom. The number of carbonyl (C=O) groups is 1. The van der Waals surface area contributed by atoms with E-state index >= 15 is 0 Å². The zero-order valence-corrected chi connectivity index (χ0v) is 6.89. The van der Waals surface area contributed by atoms with Crippen LogP contribution in [0.1, 0.15) is 39.5 Å². The molecule has 1 heteroatoms. The van der Waals surface area contributed by atoms with Gasteiger partial charge in [0.15, 0.2) is 0 Å². The maximum Gasteiger partial charge on any atom is 0.132 e. The largest absolute Gasteiger partial charge is 0.300 e. The second kappa shape index (κ2) is 3.18. The summed E-state index contributed by atoms with van der Waals surface area (Å²) in [6.45, 7) is 3.97. The fourth-order valence-electron chi connectivity index (χ4n) is 1.80. The molecule has 0 saturated heterocycles. The molecule has 0 radical (unpaired) electrons. The standard InChI is InChI=1S/C9H16O/c1-7-4-3-5-9(6-7)8(2)10/h7,9H,3-6H2,1-2H3/t7-,9-/m1/s1. The van der Waals surface area contributed by atoms with E-state index in [2.05, 4.69) is 6.92 Å². The summed E-state index contributed by atoms with van der Waals surface area (Å²) in [7, 11) is 0. The van der Waals surface area contributed by atoms with Crippen molar-refractivity contribution < 1.29 is 4.79 Å². The van der Waals surface area contributed by atoms with Gasteiger partial charge in [-0.05, 0) is 25.7 Å². The average molecular weight is 140 g/mol. The number of hydrogen-bond donors (Lipinski definition) is 0. The first-order valence-electron chi connectivity index (χ1n) is 4.20. The Hall–Kier alpha value is -0.330. The van der Waals surface area contributed by atoms with Crippen LogP contribution >= 0.6 is 0 Å². The third-order valence-electron chi connectivity index (χ3n) is 2.51. The molecule has 1 saturated carbocycles. The van der Waals surface area contributed by atoms with Gasteiger partial charge in [0.1, 0.15) is 5.78 Å². The van der Waals surface area contributed by atoms with Crippen molar-refractivity contribution in [2.75, 3.05) is 0 Å². The van der Waals surface area contributed by atoms with E-state index in [1.54, 1.807) is 6.92 Å². The highest BCUT2D eigenvalue weighted by molar-refractivity contribution is 5.78. The van der Waals surface area contributed by atoms with Crippen LogP contribution in [0.25, 0.3) is 0 Å². The van der Waals surface area contributed by atoms with Crippen LogP contribution in [0, 0.1) is 11.8 Å². The highest BCUT2D eigenvalue weighted by Crippen LogP contribution is 2.28. The van der Waals surface area contributed by atoms with Gasteiger partial charge in [-0.3, -0.25) is 4.79 Å². The molecule has 1 fully saturated rings. The van der Waals surface area contributed by atoms with E-state index < -0.39 is 0 Å². The molecule has 0 aromatic carbocycles. The Morgan fingerprint density at radius 3 is 2.50 bits per heavy atom. The Labute approximate surface area is 62.8 Å².